The van der Waals surface area contributed by atoms with E-state index in [0.717, 1.165) is 73.9 Å². The highest BCUT2D eigenvalue weighted by Gasteiger charge is 2.21. The van der Waals surface area contributed by atoms with Crippen molar-refractivity contribution in [3.05, 3.63) is 35.4 Å². The number of guanidine groups is 1. The van der Waals surface area contributed by atoms with Crippen molar-refractivity contribution in [1.82, 2.24) is 29.9 Å². The second-order valence-corrected chi connectivity index (χ2v) is 7.33. The maximum absolute atomic E-state index is 5.53. The van der Waals surface area contributed by atoms with Crippen molar-refractivity contribution in [3.63, 3.8) is 0 Å². The summed E-state index contributed by atoms with van der Waals surface area (Å²) in [5.74, 6) is 4.44. The van der Waals surface area contributed by atoms with Gasteiger partial charge in [0.05, 0.1) is 14.2 Å². The normalized spacial score (nSPS) is 15.4. The van der Waals surface area contributed by atoms with E-state index in [-0.39, 0.29) is 0 Å². The van der Waals surface area contributed by atoms with Crippen molar-refractivity contribution in [2.45, 2.75) is 26.9 Å². The summed E-state index contributed by atoms with van der Waals surface area (Å²) in [6, 6.07) is 5.95. The first-order valence-electron chi connectivity index (χ1n) is 10.4. The Morgan fingerprint density at radius 1 is 1.13 bits per heavy atom. The number of nitrogens with one attached hydrogen (secondary N) is 1. The lowest BCUT2D eigenvalue weighted by Crippen LogP contribution is -2.52. The van der Waals surface area contributed by atoms with E-state index in [4.69, 9.17) is 14.5 Å². The SMILES string of the molecule is CCNC(=NCc1nnc(C)n1C)N1CCN(Cc2cc(OC)ccc2OC)CC1. The highest BCUT2D eigenvalue weighted by Crippen LogP contribution is 2.25. The minimum Gasteiger partial charge on any atom is -0.497 e. The maximum atomic E-state index is 5.53. The van der Waals surface area contributed by atoms with Crippen LogP contribution in [0.2, 0.25) is 0 Å². The Hall–Kier alpha value is -2.81. The van der Waals surface area contributed by atoms with Gasteiger partial charge in [0.2, 0.25) is 0 Å². The third-order valence-electron chi connectivity index (χ3n) is 5.44. The van der Waals surface area contributed by atoms with Crippen LogP contribution < -0.4 is 14.8 Å². The number of hydrogen-bond acceptors (Lipinski definition) is 6. The largest absolute Gasteiger partial charge is 0.497 e. The van der Waals surface area contributed by atoms with Crippen molar-refractivity contribution in [3.8, 4) is 11.5 Å². The summed E-state index contributed by atoms with van der Waals surface area (Å²) < 4.78 is 12.9. The quantitative estimate of drug-likeness (QED) is 0.541. The standard InChI is InChI=1S/C21H33N7O2/c1-6-22-21(23-14-20-25-24-16(2)26(20)3)28-11-9-27(10-12-28)15-17-13-18(29-4)7-8-19(17)30-5/h7-8,13H,6,9-12,14-15H2,1-5H3,(H,22,23). The summed E-state index contributed by atoms with van der Waals surface area (Å²) >= 11 is 0. The zero-order valence-electron chi connectivity index (χ0n) is 18.7. The van der Waals surface area contributed by atoms with E-state index in [9.17, 15) is 0 Å². The fraction of sp³-hybridized carbons (Fsp3) is 0.571. The van der Waals surface area contributed by atoms with Crippen LogP contribution in [0.1, 0.15) is 24.1 Å². The molecule has 0 atom stereocenters. The Kier molecular flexibility index (Phi) is 7.51. The van der Waals surface area contributed by atoms with E-state index in [1.807, 2.05) is 30.7 Å². The molecule has 0 bridgehead atoms. The van der Waals surface area contributed by atoms with Crippen LogP contribution in [0.4, 0.5) is 0 Å². The molecule has 1 N–H and O–H groups in total. The zero-order valence-corrected chi connectivity index (χ0v) is 18.7. The van der Waals surface area contributed by atoms with Crippen LogP contribution in [0, 0.1) is 6.92 Å². The minimum absolute atomic E-state index is 0.515. The molecule has 0 amide bonds. The first-order chi connectivity index (χ1) is 14.5. The Bertz CT molecular complexity index is 857. The smallest absolute Gasteiger partial charge is 0.194 e. The number of aromatic nitrogens is 3. The van der Waals surface area contributed by atoms with E-state index < -0.39 is 0 Å². The molecule has 2 heterocycles. The lowest BCUT2D eigenvalue weighted by atomic mass is 10.1. The minimum atomic E-state index is 0.515. The van der Waals surface area contributed by atoms with E-state index in [1.54, 1.807) is 14.2 Å². The van der Waals surface area contributed by atoms with Crippen LogP contribution in [0.15, 0.2) is 23.2 Å². The Morgan fingerprint density at radius 3 is 2.50 bits per heavy atom. The van der Waals surface area contributed by atoms with Gasteiger partial charge in [-0.1, -0.05) is 0 Å². The van der Waals surface area contributed by atoms with Gasteiger partial charge in [-0.3, -0.25) is 4.90 Å². The number of aryl methyl sites for hydroxylation is 1. The Labute approximate surface area is 178 Å². The third kappa shape index (κ3) is 5.21. The van der Waals surface area contributed by atoms with Crippen LogP contribution in [0.25, 0.3) is 0 Å². The van der Waals surface area contributed by atoms with Crippen LogP contribution in [-0.2, 0) is 20.1 Å². The molecule has 164 valence electrons. The number of nitrogens with zero attached hydrogens (tertiary/aromatic N) is 6. The molecular weight excluding hydrogens is 382 g/mol. The van der Waals surface area contributed by atoms with Gasteiger partial charge in [-0.2, -0.15) is 0 Å². The van der Waals surface area contributed by atoms with Crippen LogP contribution >= 0.6 is 0 Å². The fourth-order valence-corrected chi connectivity index (χ4v) is 3.52. The van der Waals surface area contributed by atoms with E-state index in [2.05, 4.69) is 38.3 Å². The van der Waals surface area contributed by atoms with Gasteiger partial charge >= 0.3 is 0 Å². The predicted octanol–water partition coefficient (Wildman–Crippen LogP) is 1.42. The molecule has 9 nitrogen and oxygen atoms in total. The van der Waals surface area contributed by atoms with E-state index in [1.165, 1.54) is 0 Å². The summed E-state index contributed by atoms with van der Waals surface area (Å²) in [6.45, 7) is 9.95. The summed E-state index contributed by atoms with van der Waals surface area (Å²) in [5, 5.41) is 11.7. The number of rotatable bonds is 7. The number of ether oxygens (including phenoxy) is 2. The van der Waals surface area contributed by atoms with Gasteiger partial charge < -0.3 is 24.3 Å². The molecular formula is C21H33N7O2. The van der Waals surface area contributed by atoms with Gasteiger partial charge in [-0.05, 0) is 32.0 Å². The Balaban J connectivity index is 1.61. The molecule has 1 aromatic heterocycles. The van der Waals surface area contributed by atoms with Crippen molar-refractivity contribution < 1.29 is 9.47 Å². The average molecular weight is 416 g/mol. The summed E-state index contributed by atoms with van der Waals surface area (Å²) in [6.07, 6.45) is 0. The number of aliphatic imine (C=N–C) groups is 1. The highest BCUT2D eigenvalue weighted by atomic mass is 16.5. The van der Waals surface area contributed by atoms with Crippen molar-refractivity contribution in [2.75, 3.05) is 46.9 Å². The van der Waals surface area contributed by atoms with Gasteiger partial charge in [0.25, 0.3) is 0 Å². The van der Waals surface area contributed by atoms with Gasteiger partial charge in [0.1, 0.15) is 23.9 Å². The molecule has 1 aliphatic heterocycles. The van der Waals surface area contributed by atoms with Gasteiger partial charge in [-0.15, -0.1) is 10.2 Å². The van der Waals surface area contributed by atoms with Gasteiger partial charge in [0.15, 0.2) is 11.8 Å². The monoisotopic (exact) mass is 415 g/mol. The van der Waals surface area contributed by atoms with Crippen molar-refractivity contribution >= 4 is 5.96 Å². The van der Waals surface area contributed by atoms with Crippen molar-refractivity contribution in [1.29, 1.82) is 0 Å². The first-order valence-corrected chi connectivity index (χ1v) is 10.4. The molecule has 1 fully saturated rings. The summed E-state index contributed by atoms with van der Waals surface area (Å²) in [4.78, 5) is 9.54. The molecule has 2 aromatic rings. The third-order valence-corrected chi connectivity index (χ3v) is 5.44. The number of hydrogen-bond donors (Lipinski definition) is 1. The lowest BCUT2D eigenvalue weighted by Gasteiger charge is -2.36. The van der Waals surface area contributed by atoms with Crippen LogP contribution in [0.5, 0.6) is 11.5 Å². The second kappa shape index (κ2) is 10.3. The molecule has 1 saturated heterocycles. The maximum Gasteiger partial charge on any atom is 0.194 e. The zero-order chi connectivity index (χ0) is 21.5. The molecule has 0 saturated carbocycles. The molecule has 0 spiro atoms. The number of methoxy groups -OCH3 is 2. The van der Waals surface area contributed by atoms with Crippen LogP contribution in [0.3, 0.4) is 0 Å². The molecule has 3 rings (SSSR count). The molecule has 30 heavy (non-hydrogen) atoms. The van der Waals surface area contributed by atoms with Gasteiger partial charge in [-0.25, -0.2) is 4.99 Å². The fourth-order valence-electron chi connectivity index (χ4n) is 3.52. The molecule has 0 unspecified atom stereocenters. The summed E-state index contributed by atoms with van der Waals surface area (Å²) in [7, 11) is 5.37. The molecule has 0 aliphatic carbocycles. The molecule has 0 radical (unpaired) electrons. The van der Waals surface area contributed by atoms with Gasteiger partial charge in [0, 0.05) is 51.9 Å². The van der Waals surface area contributed by atoms with Crippen LogP contribution in [-0.4, -0.2) is 77.5 Å². The molecule has 1 aromatic carbocycles. The predicted molar refractivity (Wildman–Crippen MR) is 117 cm³/mol. The van der Waals surface area contributed by atoms with E-state index in [0.29, 0.717) is 6.54 Å². The lowest BCUT2D eigenvalue weighted by molar-refractivity contribution is 0.171. The van der Waals surface area contributed by atoms with E-state index >= 15 is 0 Å². The first kappa shape index (κ1) is 21.9. The Morgan fingerprint density at radius 2 is 1.90 bits per heavy atom. The topological polar surface area (TPSA) is 80.0 Å². The summed E-state index contributed by atoms with van der Waals surface area (Å²) in [5.41, 5.74) is 1.14. The molecule has 1 aliphatic rings. The molecule has 9 heteroatoms. The number of piperazine rings is 1. The highest BCUT2D eigenvalue weighted by molar-refractivity contribution is 5.80. The van der Waals surface area contributed by atoms with Crippen molar-refractivity contribution in [2.24, 2.45) is 12.0 Å². The average Bonchev–Trinajstić information content (AvgIpc) is 3.09. The second-order valence-electron chi connectivity index (χ2n) is 7.33. The number of benzene rings is 1.